The first-order valence-corrected chi connectivity index (χ1v) is 8.03. The Hall–Kier alpha value is -1.76. The van der Waals surface area contributed by atoms with Gasteiger partial charge >= 0.3 is 0 Å². The van der Waals surface area contributed by atoms with Crippen LogP contribution >= 0.6 is 0 Å². The van der Waals surface area contributed by atoms with Gasteiger partial charge in [0.1, 0.15) is 0 Å². The Morgan fingerprint density at radius 2 is 1.57 bits per heavy atom. The number of para-hydroxylation sites is 1. The van der Waals surface area contributed by atoms with Crippen LogP contribution in [0.25, 0.3) is 0 Å². The van der Waals surface area contributed by atoms with Gasteiger partial charge in [-0.1, -0.05) is 63.2 Å². The fourth-order valence-electron chi connectivity index (χ4n) is 2.70. The summed E-state index contributed by atoms with van der Waals surface area (Å²) in [6.07, 6.45) is 2.21. The second-order valence-electron chi connectivity index (χ2n) is 6.22. The largest absolute Gasteiger partial charge is 0.378 e. The number of nitrogens with one attached hydrogen (secondary N) is 1. The van der Waals surface area contributed by atoms with Crippen molar-refractivity contribution in [2.45, 2.75) is 46.6 Å². The molecule has 0 amide bonds. The molecule has 0 aromatic heterocycles. The second-order valence-corrected chi connectivity index (χ2v) is 6.22. The van der Waals surface area contributed by atoms with Crippen LogP contribution < -0.4 is 5.32 Å². The summed E-state index contributed by atoms with van der Waals surface area (Å²) in [5.74, 6) is 0.711. The average molecular weight is 281 g/mol. The minimum Gasteiger partial charge on any atom is -0.378 e. The first-order chi connectivity index (χ1) is 10.1. The Morgan fingerprint density at radius 1 is 0.905 bits per heavy atom. The monoisotopic (exact) mass is 281 g/mol. The van der Waals surface area contributed by atoms with E-state index in [9.17, 15) is 0 Å². The van der Waals surface area contributed by atoms with Crippen molar-refractivity contribution in [3.8, 4) is 0 Å². The zero-order valence-electron chi connectivity index (χ0n) is 13.7. The van der Waals surface area contributed by atoms with Crippen LogP contribution in [0.1, 0.15) is 50.4 Å². The van der Waals surface area contributed by atoms with Gasteiger partial charge in [-0.05, 0) is 48.4 Å². The maximum absolute atomic E-state index is 3.64. The Morgan fingerprint density at radius 3 is 2.19 bits per heavy atom. The van der Waals surface area contributed by atoms with Crippen molar-refractivity contribution in [3.63, 3.8) is 0 Å². The fourth-order valence-corrected chi connectivity index (χ4v) is 2.70. The molecule has 1 nitrogen and oxygen atoms in total. The first kappa shape index (κ1) is 15.6. The number of benzene rings is 2. The summed E-state index contributed by atoms with van der Waals surface area (Å²) < 4.78 is 0. The van der Waals surface area contributed by atoms with Crippen molar-refractivity contribution in [2.75, 3.05) is 5.32 Å². The number of aryl methyl sites for hydroxylation is 1. The van der Waals surface area contributed by atoms with Crippen molar-refractivity contribution in [1.82, 2.24) is 0 Å². The molecule has 1 N–H and O–H groups in total. The van der Waals surface area contributed by atoms with Crippen molar-refractivity contribution in [2.24, 2.45) is 5.92 Å². The lowest BCUT2D eigenvalue weighted by Crippen LogP contribution is -2.08. The molecule has 0 heterocycles. The van der Waals surface area contributed by atoms with E-state index in [1.165, 1.54) is 22.4 Å². The summed E-state index contributed by atoms with van der Waals surface area (Å²) in [6, 6.07) is 17.9. The second kappa shape index (κ2) is 7.31. The normalized spacial score (nSPS) is 12.4. The molecule has 0 saturated heterocycles. The van der Waals surface area contributed by atoms with Crippen LogP contribution in [0.15, 0.2) is 48.5 Å². The van der Waals surface area contributed by atoms with Crippen molar-refractivity contribution >= 4 is 5.69 Å². The van der Waals surface area contributed by atoms with Crippen LogP contribution in [0.3, 0.4) is 0 Å². The third kappa shape index (κ3) is 4.35. The van der Waals surface area contributed by atoms with Gasteiger partial charge < -0.3 is 5.32 Å². The predicted molar refractivity (Wildman–Crippen MR) is 92.8 cm³/mol. The van der Waals surface area contributed by atoms with Crippen LogP contribution in [0.5, 0.6) is 0 Å². The van der Waals surface area contributed by atoms with E-state index in [1.54, 1.807) is 0 Å². The van der Waals surface area contributed by atoms with Crippen molar-refractivity contribution in [1.29, 1.82) is 0 Å². The highest BCUT2D eigenvalue weighted by molar-refractivity contribution is 5.52. The molecular weight excluding hydrogens is 254 g/mol. The molecule has 1 heteroatoms. The number of rotatable bonds is 6. The maximum Gasteiger partial charge on any atom is 0.0485 e. The smallest absolute Gasteiger partial charge is 0.0485 e. The molecule has 1 unspecified atom stereocenters. The molecule has 0 bridgehead atoms. The summed E-state index contributed by atoms with van der Waals surface area (Å²) in [4.78, 5) is 0. The van der Waals surface area contributed by atoms with Crippen molar-refractivity contribution < 1.29 is 0 Å². The Balaban J connectivity index is 2.07. The Kier molecular flexibility index (Phi) is 5.44. The summed E-state index contributed by atoms with van der Waals surface area (Å²) in [5.41, 5.74) is 5.39. The summed E-state index contributed by atoms with van der Waals surface area (Å²) in [7, 11) is 0. The van der Waals surface area contributed by atoms with Gasteiger partial charge in [0, 0.05) is 11.7 Å². The molecule has 2 aromatic rings. The summed E-state index contributed by atoms with van der Waals surface area (Å²) in [5, 5.41) is 3.64. The number of anilines is 1. The Labute approximate surface area is 129 Å². The van der Waals surface area contributed by atoms with E-state index >= 15 is 0 Å². The lowest BCUT2D eigenvalue weighted by atomic mass is 9.99. The van der Waals surface area contributed by atoms with Gasteiger partial charge in [0.05, 0.1) is 0 Å². The van der Waals surface area contributed by atoms with Crippen LogP contribution in [0.2, 0.25) is 0 Å². The van der Waals surface area contributed by atoms with Crippen LogP contribution in [-0.2, 0) is 12.8 Å². The molecule has 0 radical (unpaired) electrons. The first-order valence-electron chi connectivity index (χ1n) is 8.03. The molecule has 1 atom stereocenters. The quantitative estimate of drug-likeness (QED) is 0.724. The highest BCUT2D eigenvalue weighted by atomic mass is 14.9. The molecule has 0 fully saturated rings. The zero-order valence-corrected chi connectivity index (χ0v) is 13.7. The highest BCUT2D eigenvalue weighted by Gasteiger charge is 2.08. The molecule has 0 aliphatic carbocycles. The van der Waals surface area contributed by atoms with Gasteiger partial charge in [-0.15, -0.1) is 0 Å². The lowest BCUT2D eigenvalue weighted by Gasteiger charge is -2.18. The number of hydrogen-bond donors (Lipinski definition) is 1. The third-order valence-corrected chi connectivity index (χ3v) is 3.89. The number of hydrogen-bond acceptors (Lipinski definition) is 1. The van der Waals surface area contributed by atoms with E-state index in [-0.39, 0.29) is 0 Å². The third-order valence-electron chi connectivity index (χ3n) is 3.89. The standard InChI is InChI=1S/C20H27N/c1-5-18-8-6-7-9-20(18)21-16(4)19-12-10-17(11-13-19)14-15(2)3/h6-13,15-16,21H,5,14H2,1-4H3. The molecule has 0 aliphatic rings. The maximum atomic E-state index is 3.64. The molecule has 21 heavy (non-hydrogen) atoms. The van der Waals surface area contributed by atoms with Crippen LogP contribution in [0.4, 0.5) is 5.69 Å². The zero-order chi connectivity index (χ0) is 15.2. The summed E-state index contributed by atoms with van der Waals surface area (Å²) >= 11 is 0. The SMILES string of the molecule is CCc1ccccc1NC(C)c1ccc(CC(C)C)cc1. The average Bonchev–Trinajstić information content (AvgIpc) is 2.48. The van der Waals surface area contributed by atoms with Crippen LogP contribution in [0, 0.1) is 5.92 Å². The topological polar surface area (TPSA) is 12.0 Å². The lowest BCUT2D eigenvalue weighted by molar-refractivity contribution is 0.647. The van der Waals surface area contributed by atoms with Gasteiger partial charge in [-0.25, -0.2) is 0 Å². The highest BCUT2D eigenvalue weighted by Crippen LogP contribution is 2.23. The van der Waals surface area contributed by atoms with Crippen LogP contribution in [-0.4, -0.2) is 0 Å². The molecule has 0 aliphatic heterocycles. The van der Waals surface area contributed by atoms with Gasteiger partial charge in [0.25, 0.3) is 0 Å². The molecular formula is C20H27N. The molecule has 2 rings (SSSR count). The summed E-state index contributed by atoms with van der Waals surface area (Å²) in [6.45, 7) is 8.95. The van der Waals surface area contributed by atoms with E-state index in [1.807, 2.05) is 0 Å². The van der Waals surface area contributed by atoms with E-state index in [2.05, 4.69) is 81.5 Å². The predicted octanol–water partition coefficient (Wildman–Crippen LogP) is 5.62. The van der Waals surface area contributed by atoms with Gasteiger partial charge in [0.15, 0.2) is 0 Å². The van der Waals surface area contributed by atoms with E-state index in [0.717, 1.165) is 12.8 Å². The molecule has 0 spiro atoms. The molecule has 2 aromatic carbocycles. The van der Waals surface area contributed by atoms with Gasteiger partial charge in [-0.3, -0.25) is 0 Å². The minimum atomic E-state index is 0.325. The molecule has 0 saturated carbocycles. The molecule has 112 valence electrons. The van der Waals surface area contributed by atoms with Gasteiger partial charge in [0.2, 0.25) is 0 Å². The van der Waals surface area contributed by atoms with Gasteiger partial charge in [-0.2, -0.15) is 0 Å². The van der Waals surface area contributed by atoms with Crippen molar-refractivity contribution in [3.05, 3.63) is 65.2 Å². The van der Waals surface area contributed by atoms with E-state index < -0.39 is 0 Å². The van der Waals surface area contributed by atoms with E-state index in [4.69, 9.17) is 0 Å². The van der Waals surface area contributed by atoms with E-state index in [0.29, 0.717) is 12.0 Å². The Bertz CT molecular complexity index is 554. The fraction of sp³-hybridized carbons (Fsp3) is 0.400. The minimum absolute atomic E-state index is 0.325.